The first-order valence-corrected chi connectivity index (χ1v) is 5.62. The van der Waals surface area contributed by atoms with Gasteiger partial charge in [0, 0.05) is 6.20 Å². The third-order valence-electron chi connectivity index (χ3n) is 2.31. The van der Waals surface area contributed by atoms with Crippen LogP contribution in [0.2, 0.25) is 0 Å². The molecule has 2 aromatic heterocycles. The zero-order valence-corrected chi connectivity index (χ0v) is 11.6. The van der Waals surface area contributed by atoms with Crippen LogP contribution in [0.15, 0.2) is 23.1 Å². The molecule has 116 valence electrons. The van der Waals surface area contributed by atoms with Gasteiger partial charge in [-0.25, -0.2) is 9.78 Å². The van der Waals surface area contributed by atoms with E-state index in [2.05, 4.69) is 10.1 Å². The van der Waals surface area contributed by atoms with E-state index in [1.165, 1.54) is 12.3 Å². The Kier molecular flexibility index (Phi) is 5.36. The quantitative estimate of drug-likeness (QED) is 0.808. The number of ether oxygens (including phenoxy) is 1. The molecule has 0 spiro atoms. The predicted octanol–water partition coefficient (Wildman–Crippen LogP) is 2.70. The smallest absolute Gasteiger partial charge is 0.408 e. The Labute approximate surface area is 123 Å². The second-order valence-electron chi connectivity index (χ2n) is 3.74. The summed E-state index contributed by atoms with van der Waals surface area (Å²) < 4.78 is 47.7. The van der Waals surface area contributed by atoms with Crippen molar-refractivity contribution in [2.45, 2.75) is 19.6 Å². The van der Waals surface area contributed by atoms with Crippen LogP contribution in [-0.4, -0.2) is 33.5 Å². The maximum atomic E-state index is 12.4. The fourth-order valence-corrected chi connectivity index (χ4v) is 1.59. The number of aromatic nitrogens is 3. The fraction of sp³-hybridized carbons (Fsp3) is 0.364. The first-order chi connectivity index (χ1) is 9.42. The normalized spacial score (nSPS) is 11.0. The SMILES string of the molecule is CCOC(=O)c1ncoc1-c1ccnn1CC(F)(F)F.Cl. The van der Waals surface area contributed by atoms with Crippen LogP contribution in [0.3, 0.4) is 0 Å². The molecule has 2 heterocycles. The highest BCUT2D eigenvalue weighted by Gasteiger charge is 2.31. The summed E-state index contributed by atoms with van der Waals surface area (Å²) in [5.41, 5.74) is -0.182. The molecule has 0 saturated carbocycles. The summed E-state index contributed by atoms with van der Waals surface area (Å²) in [5, 5.41) is 3.56. The van der Waals surface area contributed by atoms with E-state index in [4.69, 9.17) is 9.15 Å². The second-order valence-corrected chi connectivity index (χ2v) is 3.74. The van der Waals surface area contributed by atoms with Gasteiger partial charge in [0.15, 0.2) is 17.8 Å². The maximum Gasteiger partial charge on any atom is 0.408 e. The lowest BCUT2D eigenvalue weighted by atomic mass is 10.2. The first-order valence-electron chi connectivity index (χ1n) is 5.62. The van der Waals surface area contributed by atoms with Gasteiger partial charge in [0.1, 0.15) is 12.2 Å². The van der Waals surface area contributed by atoms with Crippen LogP contribution in [-0.2, 0) is 11.3 Å². The Hall–Kier alpha value is -2.03. The van der Waals surface area contributed by atoms with E-state index in [-0.39, 0.29) is 36.2 Å². The van der Waals surface area contributed by atoms with Crippen LogP contribution in [0.4, 0.5) is 13.2 Å². The number of alkyl halides is 3. The standard InChI is InChI=1S/C11H10F3N3O3.ClH/c1-2-19-10(18)8-9(20-6-15-8)7-3-4-16-17(7)5-11(12,13)14;/h3-4,6H,2,5H2,1H3;1H. The van der Waals surface area contributed by atoms with E-state index in [9.17, 15) is 18.0 Å². The van der Waals surface area contributed by atoms with Gasteiger partial charge in [-0.1, -0.05) is 0 Å². The van der Waals surface area contributed by atoms with E-state index in [0.29, 0.717) is 4.68 Å². The van der Waals surface area contributed by atoms with Gasteiger partial charge < -0.3 is 9.15 Å². The number of esters is 1. The maximum absolute atomic E-state index is 12.4. The van der Waals surface area contributed by atoms with Crippen molar-refractivity contribution in [2.24, 2.45) is 0 Å². The zero-order valence-electron chi connectivity index (χ0n) is 10.8. The van der Waals surface area contributed by atoms with Crippen LogP contribution in [0, 0.1) is 0 Å². The molecule has 0 unspecified atom stereocenters. The molecule has 0 atom stereocenters. The van der Waals surface area contributed by atoms with Crippen LogP contribution < -0.4 is 0 Å². The largest absolute Gasteiger partial charge is 0.461 e. The fourth-order valence-electron chi connectivity index (χ4n) is 1.59. The molecule has 21 heavy (non-hydrogen) atoms. The van der Waals surface area contributed by atoms with Crippen molar-refractivity contribution >= 4 is 18.4 Å². The van der Waals surface area contributed by atoms with Gasteiger partial charge in [-0.05, 0) is 13.0 Å². The van der Waals surface area contributed by atoms with Crippen molar-refractivity contribution in [3.05, 3.63) is 24.4 Å². The van der Waals surface area contributed by atoms with Crippen molar-refractivity contribution in [2.75, 3.05) is 6.61 Å². The van der Waals surface area contributed by atoms with Crippen molar-refractivity contribution in [3.63, 3.8) is 0 Å². The lowest BCUT2D eigenvalue weighted by Crippen LogP contribution is -2.19. The number of hydrogen-bond donors (Lipinski definition) is 0. The number of carbonyl (C=O) groups excluding carboxylic acids is 1. The topological polar surface area (TPSA) is 70.2 Å². The molecule has 0 saturated heterocycles. The summed E-state index contributed by atoms with van der Waals surface area (Å²) >= 11 is 0. The van der Waals surface area contributed by atoms with E-state index in [0.717, 1.165) is 6.39 Å². The molecule has 0 amide bonds. The Morgan fingerprint density at radius 3 is 2.81 bits per heavy atom. The summed E-state index contributed by atoms with van der Waals surface area (Å²) in [4.78, 5) is 15.3. The number of nitrogens with zero attached hydrogens (tertiary/aromatic N) is 3. The van der Waals surface area contributed by atoms with E-state index in [1.807, 2.05) is 0 Å². The molecule has 0 aliphatic rings. The van der Waals surface area contributed by atoms with Gasteiger partial charge >= 0.3 is 12.1 Å². The zero-order chi connectivity index (χ0) is 14.8. The molecule has 0 fully saturated rings. The van der Waals surface area contributed by atoms with Crippen molar-refractivity contribution in [1.82, 2.24) is 14.8 Å². The predicted molar refractivity (Wildman–Crippen MR) is 67.0 cm³/mol. The van der Waals surface area contributed by atoms with Gasteiger partial charge in [0.25, 0.3) is 0 Å². The highest BCUT2D eigenvalue weighted by molar-refractivity contribution is 5.93. The monoisotopic (exact) mass is 325 g/mol. The average molecular weight is 326 g/mol. The molecule has 0 bridgehead atoms. The van der Waals surface area contributed by atoms with Crippen LogP contribution in [0.5, 0.6) is 0 Å². The summed E-state index contributed by atoms with van der Waals surface area (Å²) in [7, 11) is 0. The van der Waals surface area contributed by atoms with Gasteiger partial charge in [-0.2, -0.15) is 18.3 Å². The second kappa shape index (κ2) is 6.61. The number of halogens is 4. The average Bonchev–Trinajstić information content (AvgIpc) is 2.94. The van der Waals surface area contributed by atoms with Crippen molar-refractivity contribution < 1.29 is 27.1 Å². The molecule has 0 N–H and O–H groups in total. The molecule has 10 heteroatoms. The molecule has 0 aliphatic heterocycles. The summed E-state index contributed by atoms with van der Waals surface area (Å²) in [6, 6.07) is 1.30. The number of oxazole rings is 1. The molecule has 0 aromatic carbocycles. The van der Waals surface area contributed by atoms with Gasteiger partial charge in [-0.3, -0.25) is 4.68 Å². The Bertz CT molecular complexity index is 609. The molecule has 0 radical (unpaired) electrons. The van der Waals surface area contributed by atoms with Gasteiger partial charge in [-0.15, -0.1) is 12.4 Å². The van der Waals surface area contributed by atoms with Crippen molar-refractivity contribution in [3.8, 4) is 11.5 Å². The highest BCUT2D eigenvalue weighted by Crippen LogP contribution is 2.26. The van der Waals surface area contributed by atoms with E-state index < -0.39 is 18.7 Å². The summed E-state index contributed by atoms with van der Waals surface area (Å²) in [6.45, 7) is 0.427. The highest BCUT2D eigenvalue weighted by atomic mass is 35.5. The molecule has 2 rings (SSSR count). The summed E-state index contributed by atoms with van der Waals surface area (Å²) in [5.74, 6) is -0.874. The molecule has 0 aliphatic carbocycles. The molecule has 6 nitrogen and oxygen atoms in total. The lowest BCUT2D eigenvalue weighted by molar-refractivity contribution is -0.142. The molecular weight excluding hydrogens is 315 g/mol. The van der Waals surface area contributed by atoms with Gasteiger partial charge in [0.05, 0.1) is 6.61 Å². The minimum absolute atomic E-state index is 0. The lowest BCUT2D eigenvalue weighted by Gasteiger charge is -2.09. The third-order valence-corrected chi connectivity index (χ3v) is 2.31. The van der Waals surface area contributed by atoms with Crippen molar-refractivity contribution in [1.29, 1.82) is 0 Å². The minimum Gasteiger partial charge on any atom is -0.461 e. The van der Waals surface area contributed by atoms with Crippen LogP contribution >= 0.6 is 12.4 Å². The van der Waals surface area contributed by atoms with E-state index >= 15 is 0 Å². The van der Waals surface area contributed by atoms with Crippen LogP contribution in [0.1, 0.15) is 17.4 Å². The van der Waals surface area contributed by atoms with E-state index in [1.54, 1.807) is 6.92 Å². The Morgan fingerprint density at radius 2 is 2.19 bits per heavy atom. The minimum atomic E-state index is -4.44. The van der Waals surface area contributed by atoms with Gasteiger partial charge in [0.2, 0.25) is 0 Å². The molecule has 2 aromatic rings. The Balaban J connectivity index is 0.00000220. The molecular formula is C11H11ClF3N3O3. The Morgan fingerprint density at radius 1 is 1.48 bits per heavy atom. The number of carbonyl (C=O) groups is 1. The first kappa shape index (κ1) is 17.0. The van der Waals surface area contributed by atoms with Crippen LogP contribution in [0.25, 0.3) is 11.5 Å². The number of rotatable bonds is 4. The third kappa shape index (κ3) is 3.97. The number of hydrogen-bond acceptors (Lipinski definition) is 5. The summed E-state index contributed by atoms with van der Waals surface area (Å²) in [6.07, 6.45) is -2.30.